The van der Waals surface area contributed by atoms with Gasteiger partial charge in [-0.1, -0.05) is 0 Å². The topological polar surface area (TPSA) is 31.2 Å². The number of methoxy groups -OCH3 is 1. The molecule has 2 aromatic rings. The maximum Gasteiger partial charge on any atom is 0.340 e. The van der Waals surface area contributed by atoms with Crippen molar-refractivity contribution in [2.45, 2.75) is 0 Å². The molecule has 0 fully saturated rings. The third kappa shape index (κ3) is 1.61. The number of halogens is 2. The zero-order valence-corrected chi connectivity index (χ0v) is 10.3. The number of carbonyl (C=O) groups is 1. The highest BCUT2D eigenvalue weighted by Gasteiger charge is 2.16. The van der Waals surface area contributed by atoms with Gasteiger partial charge in [-0.3, -0.25) is 0 Å². The molecule has 0 bridgehead atoms. The lowest BCUT2D eigenvalue weighted by atomic mass is 10.1. The Kier molecular flexibility index (Phi) is 2.71. The van der Waals surface area contributed by atoms with Gasteiger partial charge in [0.05, 0.1) is 18.2 Å². The Labute approximate surface area is 99.9 Å². The smallest absolute Gasteiger partial charge is 0.340 e. The molecule has 0 saturated carbocycles. The number of nitrogens with zero attached hydrogens (tertiary/aromatic N) is 1. The predicted molar refractivity (Wildman–Crippen MR) is 61.9 cm³/mol. The summed E-state index contributed by atoms with van der Waals surface area (Å²) in [4.78, 5) is 11.3. The average molecular weight is 286 g/mol. The minimum Gasteiger partial charge on any atom is -0.465 e. The van der Waals surface area contributed by atoms with Gasteiger partial charge in [0.1, 0.15) is 5.82 Å². The number of fused-ring (bicyclic) bond motifs is 1. The Morgan fingerprint density at radius 1 is 1.50 bits per heavy atom. The van der Waals surface area contributed by atoms with Crippen LogP contribution in [0, 0.1) is 5.82 Å². The molecule has 0 spiro atoms. The van der Waals surface area contributed by atoms with Gasteiger partial charge in [0.15, 0.2) is 0 Å². The summed E-state index contributed by atoms with van der Waals surface area (Å²) < 4.78 is 20.7. The van der Waals surface area contributed by atoms with Gasteiger partial charge in [0.25, 0.3) is 0 Å². The number of hydrogen-bond acceptors (Lipinski definition) is 2. The molecule has 0 atom stereocenters. The first-order valence-corrected chi connectivity index (χ1v) is 5.36. The molecule has 0 N–H and O–H groups in total. The maximum atomic E-state index is 13.6. The van der Waals surface area contributed by atoms with E-state index in [-0.39, 0.29) is 5.56 Å². The van der Waals surface area contributed by atoms with Gasteiger partial charge >= 0.3 is 5.97 Å². The summed E-state index contributed by atoms with van der Waals surface area (Å²) in [7, 11) is 3.04. The van der Waals surface area contributed by atoms with E-state index in [2.05, 4.69) is 20.7 Å². The molecule has 3 nitrogen and oxygen atoms in total. The summed E-state index contributed by atoms with van der Waals surface area (Å²) in [5, 5.41) is 0.782. The molecule has 1 aromatic heterocycles. The lowest BCUT2D eigenvalue weighted by molar-refractivity contribution is 0.0596. The molecule has 0 aliphatic heterocycles. The molecule has 2 rings (SSSR count). The van der Waals surface area contributed by atoms with Crippen molar-refractivity contribution in [2.75, 3.05) is 7.11 Å². The molecule has 0 radical (unpaired) electrons. The SMILES string of the molecule is COC(=O)c1cc2c(Br)cn(C)c2cc1F. The molecule has 0 amide bonds. The molecule has 0 aliphatic carbocycles. The van der Waals surface area contributed by atoms with E-state index in [1.54, 1.807) is 4.57 Å². The largest absolute Gasteiger partial charge is 0.465 e. The first kappa shape index (κ1) is 11.1. The van der Waals surface area contributed by atoms with Gasteiger partial charge in [0, 0.05) is 23.1 Å². The molecular weight excluding hydrogens is 277 g/mol. The van der Waals surface area contributed by atoms with Gasteiger partial charge in [-0.15, -0.1) is 0 Å². The predicted octanol–water partition coefficient (Wildman–Crippen LogP) is 2.87. The summed E-state index contributed by atoms with van der Waals surface area (Å²) in [6, 6.07) is 2.81. The third-order valence-corrected chi connectivity index (χ3v) is 3.07. The van der Waals surface area contributed by atoms with E-state index in [1.807, 2.05) is 13.2 Å². The van der Waals surface area contributed by atoms with E-state index in [4.69, 9.17) is 0 Å². The number of aromatic nitrogens is 1. The monoisotopic (exact) mass is 285 g/mol. The Bertz CT molecular complexity index is 577. The zero-order chi connectivity index (χ0) is 11.9. The van der Waals surface area contributed by atoms with Crippen LogP contribution in [0.15, 0.2) is 22.8 Å². The van der Waals surface area contributed by atoms with E-state index < -0.39 is 11.8 Å². The first-order chi connectivity index (χ1) is 7.54. The molecule has 1 heterocycles. The van der Waals surface area contributed by atoms with Crippen LogP contribution in [0.1, 0.15) is 10.4 Å². The van der Waals surface area contributed by atoms with Crippen LogP contribution >= 0.6 is 15.9 Å². The van der Waals surface area contributed by atoms with Crippen LogP contribution < -0.4 is 0 Å². The molecular formula is C11H9BrFNO2. The van der Waals surface area contributed by atoms with Crippen LogP contribution in [0.25, 0.3) is 10.9 Å². The van der Waals surface area contributed by atoms with Gasteiger partial charge in [-0.25, -0.2) is 9.18 Å². The minimum absolute atomic E-state index is 0.0538. The quantitative estimate of drug-likeness (QED) is 0.755. The number of esters is 1. The Hall–Kier alpha value is -1.36. The lowest BCUT2D eigenvalue weighted by Crippen LogP contribution is -2.04. The molecule has 84 valence electrons. The van der Waals surface area contributed by atoms with E-state index >= 15 is 0 Å². The van der Waals surface area contributed by atoms with Gasteiger partial charge in [-0.2, -0.15) is 0 Å². The lowest BCUT2D eigenvalue weighted by Gasteiger charge is -2.02. The van der Waals surface area contributed by atoms with Gasteiger partial charge < -0.3 is 9.30 Å². The van der Waals surface area contributed by atoms with Gasteiger partial charge in [-0.05, 0) is 28.1 Å². The fraction of sp³-hybridized carbons (Fsp3) is 0.182. The van der Waals surface area contributed by atoms with E-state index in [1.165, 1.54) is 19.2 Å². The molecule has 0 unspecified atom stereocenters. The van der Waals surface area contributed by atoms with E-state index in [0.717, 1.165) is 15.4 Å². The van der Waals surface area contributed by atoms with Crippen LogP contribution in [0.3, 0.4) is 0 Å². The van der Waals surface area contributed by atoms with Crippen molar-refractivity contribution in [1.82, 2.24) is 4.57 Å². The Balaban J connectivity index is 2.75. The van der Waals surface area contributed by atoms with E-state index in [0.29, 0.717) is 0 Å². The summed E-state index contributed by atoms with van der Waals surface area (Å²) in [5.74, 6) is -1.25. The fourth-order valence-corrected chi connectivity index (χ4v) is 2.25. The summed E-state index contributed by atoms with van der Waals surface area (Å²) >= 11 is 3.35. The highest BCUT2D eigenvalue weighted by molar-refractivity contribution is 9.10. The molecule has 5 heteroatoms. The Morgan fingerprint density at radius 3 is 2.81 bits per heavy atom. The van der Waals surface area contributed by atoms with Crippen molar-refractivity contribution >= 4 is 32.8 Å². The zero-order valence-electron chi connectivity index (χ0n) is 8.75. The van der Waals surface area contributed by atoms with Gasteiger partial charge in [0.2, 0.25) is 0 Å². The molecule has 16 heavy (non-hydrogen) atoms. The number of aryl methyl sites for hydroxylation is 1. The van der Waals surface area contributed by atoms with Crippen molar-refractivity contribution < 1.29 is 13.9 Å². The number of hydrogen-bond donors (Lipinski definition) is 0. The van der Waals surface area contributed by atoms with Crippen molar-refractivity contribution in [3.05, 3.63) is 34.2 Å². The standard InChI is InChI=1S/C11H9BrFNO2/c1-14-5-8(12)6-3-7(11(15)16-2)9(13)4-10(6)14/h3-5H,1-2H3. The van der Waals surface area contributed by atoms with Crippen molar-refractivity contribution in [2.24, 2.45) is 7.05 Å². The summed E-state index contributed by atoms with van der Waals surface area (Å²) in [6.45, 7) is 0. The van der Waals surface area contributed by atoms with Crippen LogP contribution in [-0.2, 0) is 11.8 Å². The van der Waals surface area contributed by atoms with Crippen molar-refractivity contribution in [3.63, 3.8) is 0 Å². The number of rotatable bonds is 1. The molecule has 0 aliphatic rings. The molecule has 1 aromatic carbocycles. The second kappa shape index (κ2) is 3.90. The second-order valence-electron chi connectivity index (χ2n) is 3.43. The second-order valence-corrected chi connectivity index (χ2v) is 4.28. The van der Waals surface area contributed by atoms with Crippen LogP contribution in [-0.4, -0.2) is 17.6 Å². The number of carbonyl (C=O) groups excluding carboxylic acids is 1. The summed E-state index contributed by atoms with van der Waals surface area (Å²) in [6.07, 6.45) is 1.81. The summed E-state index contributed by atoms with van der Waals surface area (Å²) in [5.41, 5.74) is 0.666. The molecule has 0 saturated heterocycles. The highest BCUT2D eigenvalue weighted by atomic mass is 79.9. The number of benzene rings is 1. The Morgan fingerprint density at radius 2 is 2.19 bits per heavy atom. The first-order valence-electron chi connectivity index (χ1n) is 4.57. The maximum absolute atomic E-state index is 13.6. The third-order valence-electron chi connectivity index (χ3n) is 2.43. The highest BCUT2D eigenvalue weighted by Crippen LogP contribution is 2.28. The fourth-order valence-electron chi connectivity index (χ4n) is 1.62. The minimum atomic E-state index is -0.671. The van der Waals surface area contributed by atoms with Crippen LogP contribution in [0.4, 0.5) is 4.39 Å². The van der Waals surface area contributed by atoms with Crippen molar-refractivity contribution in [3.8, 4) is 0 Å². The van der Waals surface area contributed by atoms with E-state index in [9.17, 15) is 9.18 Å². The average Bonchev–Trinajstić information content (AvgIpc) is 2.52. The number of ether oxygens (including phenoxy) is 1. The van der Waals surface area contributed by atoms with Crippen molar-refractivity contribution in [1.29, 1.82) is 0 Å². The van der Waals surface area contributed by atoms with Crippen LogP contribution in [0.2, 0.25) is 0 Å². The normalized spacial score (nSPS) is 10.8. The van der Waals surface area contributed by atoms with Crippen LogP contribution in [0.5, 0.6) is 0 Å².